The van der Waals surface area contributed by atoms with E-state index in [9.17, 15) is 0 Å². The van der Waals surface area contributed by atoms with Crippen molar-refractivity contribution in [1.82, 2.24) is 5.32 Å². The SMILES string of the molecule is c1ccc2c(c1)oc1ccc(OC3C[C@H]4CC[C@@H](C3)N4)cc12. The Morgan fingerprint density at radius 1 is 0.909 bits per heavy atom. The van der Waals surface area contributed by atoms with E-state index in [1.54, 1.807) is 0 Å². The molecule has 0 amide bonds. The Hall–Kier alpha value is -2.00. The standard InChI is InChI=1S/C19H19NO2/c1-2-4-18-16(3-1)17-11-14(7-8-19(17)22-18)21-15-9-12-5-6-13(10-15)20-12/h1-4,7-8,11-13,15,20H,5-6,9-10H2/t12-,13+,15?. The predicted octanol–water partition coefficient (Wildman–Crippen LogP) is 4.25. The number of para-hydroxylation sites is 1. The molecule has 5 rings (SSSR count). The van der Waals surface area contributed by atoms with Gasteiger partial charge in [-0.2, -0.15) is 0 Å². The fraction of sp³-hybridized carbons (Fsp3) is 0.368. The topological polar surface area (TPSA) is 34.4 Å². The first-order valence-electron chi connectivity index (χ1n) is 8.19. The van der Waals surface area contributed by atoms with Crippen molar-refractivity contribution in [2.75, 3.05) is 0 Å². The molecule has 0 saturated carbocycles. The summed E-state index contributed by atoms with van der Waals surface area (Å²) >= 11 is 0. The minimum atomic E-state index is 0.342. The molecule has 1 N–H and O–H groups in total. The summed E-state index contributed by atoms with van der Waals surface area (Å²) in [6, 6.07) is 15.7. The third kappa shape index (κ3) is 2.00. The fourth-order valence-electron chi connectivity index (χ4n) is 4.07. The molecule has 2 fully saturated rings. The van der Waals surface area contributed by atoms with Crippen LogP contribution >= 0.6 is 0 Å². The molecule has 3 aromatic rings. The van der Waals surface area contributed by atoms with Crippen LogP contribution in [0, 0.1) is 0 Å². The van der Waals surface area contributed by atoms with E-state index in [1.165, 1.54) is 12.8 Å². The number of piperidine rings is 1. The molecule has 22 heavy (non-hydrogen) atoms. The molecular weight excluding hydrogens is 274 g/mol. The van der Waals surface area contributed by atoms with Gasteiger partial charge in [-0.1, -0.05) is 18.2 Å². The highest BCUT2D eigenvalue weighted by Crippen LogP contribution is 2.33. The van der Waals surface area contributed by atoms with Crippen molar-refractivity contribution < 1.29 is 9.15 Å². The molecule has 2 aromatic carbocycles. The molecule has 2 saturated heterocycles. The summed E-state index contributed by atoms with van der Waals surface area (Å²) in [5, 5.41) is 5.96. The molecule has 3 atom stereocenters. The summed E-state index contributed by atoms with van der Waals surface area (Å²) in [6.07, 6.45) is 5.20. The molecule has 2 bridgehead atoms. The Kier molecular flexibility index (Phi) is 2.71. The summed E-state index contributed by atoms with van der Waals surface area (Å²) in [6.45, 7) is 0. The van der Waals surface area contributed by atoms with Crippen molar-refractivity contribution in [3.8, 4) is 5.75 Å². The van der Waals surface area contributed by atoms with Gasteiger partial charge in [0.25, 0.3) is 0 Å². The van der Waals surface area contributed by atoms with Crippen LogP contribution in [0.1, 0.15) is 25.7 Å². The van der Waals surface area contributed by atoms with E-state index in [-0.39, 0.29) is 0 Å². The van der Waals surface area contributed by atoms with E-state index in [4.69, 9.17) is 9.15 Å². The van der Waals surface area contributed by atoms with Gasteiger partial charge < -0.3 is 14.5 Å². The number of furan rings is 1. The second kappa shape index (κ2) is 4.75. The molecule has 1 unspecified atom stereocenters. The Morgan fingerprint density at radius 3 is 2.55 bits per heavy atom. The van der Waals surface area contributed by atoms with Crippen LogP contribution in [-0.4, -0.2) is 18.2 Å². The Morgan fingerprint density at radius 2 is 1.68 bits per heavy atom. The monoisotopic (exact) mass is 293 g/mol. The summed E-state index contributed by atoms with van der Waals surface area (Å²) in [5.74, 6) is 0.963. The first-order chi connectivity index (χ1) is 10.8. The zero-order valence-corrected chi connectivity index (χ0v) is 12.4. The molecule has 3 heterocycles. The van der Waals surface area contributed by atoms with Gasteiger partial charge in [-0.25, -0.2) is 0 Å². The summed E-state index contributed by atoms with van der Waals surface area (Å²) in [4.78, 5) is 0. The highest BCUT2D eigenvalue weighted by Gasteiger charge is 2.34. The molecule has 1 aromatic heterocycles. The zero-order valence-electron chi connectivity index (χ0n) is 12.4. The van der Waals surface area contributed by atoms with Crippen LogP contribution in [0.4, 0.5) is 0 Å². The average Bonchev–Trinajstić information content (AvgIpc) is 3.07. The van der Waals surface area contributed by atoms with E-state index >= 15 is 0 Å². The number of hydrogen-bond donors (Lipinski definition) is 1. The van der Waals surface area contributed by atoms with Crippen molar-refractivity contribution in [3.63, 3.8) is 0 Å². The van der Waals surface area contributed by atoms with Gasteiger partial charge in [-0.15, -0.1) is 0 Å². The minimum absolute atomic E-state index is 0.342. The molecule has 0 aliphatic carbocycles. The molecule has 0 spiro atoms. The third-order valence-electron chi connectivity index (χ3n) is 5.08. The van der Waals surface area contributed by atoms with Crippen LogP contribution < -0.4 is 10.1 Å². The van der Waals surface area contributed by atoms with E-state index in [0.29, 0.717) is 18.2 Å². The number of fused-ring (bicyclic) bond motifs is 5. The number of benzene rings is 2. The van der Waals surface area contributed by atoms with E-state index in [2.05, 4.69) is 23.5 Å². The molecule has 3 heteroatoms. The predicted molar refractivity (Wildman–Crippen MR) is 87.3 cm³/mol. The van der Waals surface area contributed by atoms with Crippen LogP contribution in [0.15, 0.2) is 46.9 Å². The summed E-state index contributed by atoms with van der Waals surface area (Å²) in [5.41, 5.74) is 1.87. The van der Waals surface area contributed by atoms with Crippen LogP contribution in [0.5, 0.6) is 5.75 Å². The van der Waals surface area contributed by atoms with Crippen molar-refractivity contribution in [2.45, 2.75) is 43.9 Å². The van der Waals surface area contributed by atoms with Gasteiger partial charge in [0.1, 0.15) is 23.0 Å². The van der Waals surface area contributed by atoms with Gasteiger partial charge in [-0.05, 0) is 49.9 Å². The van der Waals surface area contributed by atoms with E-state index < -0.39 is 0 Å². The van der Waals surface area contributed by atoms with Gasteiger partial charge in [0.15, 0.2) is 0 Å². The smallest absolute Gasteiger partial charge is 0.135 e. The Balaban J connectivity index is 1.48. The van der Waals surface area contributed by atoms with Crippen molar-refractivity contribution in [3.05, 3.63) is 42.5 Å². The van der Waals surface area contributed by atoms with Gasteiger partial charge in [0, 0.05) is 22.9 Å². The summed E-state index contributed by atoms with van der Waals surface area (Å²) in [7, 11) is 0. The lowest BCUT2D eigenvalue weighted by Crippen LogP contribution is -2.42. The van der Waals surface area contributed by atoms with Gasteiger partial charge in [0.2, 0.25) is 0 Å². The van der Waals surface area contributed by atoms with E-state index in [1.807, 2.05) is 24.3 Å². The second-order valence-corrected chi connectivity index (χ2v) is 6.61. The zero-order chi connectivity index (χ0) is 14.5. The van der Waals surface area contributed by atoms with Crippen LogP contribution in [-0.2, 0) is 0 Å². The molecular formula is C19H19NO2. The first kappa shape index (κ1) is 12.5. The lowest BCUT2D eigenvalue weighted by molar-refractivity contribution is 0.137. The average molecular weight is 293 g/mol. The van der Waals surface area contributed by atoms with E-state index in [0.717, 1.165) is 40.5 Å². The maximum absolute atomic E-state index is 6.28. The normalized spacial score (nSPS) is 27.5. The second-order valence-electron chi connectivity index (χ2n) is 6.61. The minimum Gasteiger partial charge on any atom is -0.490 e. The number of ether oxygens (including phenoxy) is 1. The van der Waals surface area contributed by atoms with Crippen molar-refractivity contribution in [1.29, 1.82) is 0 Å². The number of hydrogen-bond acceptors (Lipinski definition) is 3. The largest absolute Gasteiger partial charge is 0.490 e. The molecule has 112 valence electrons. The fourth-order valence-corrected chi connectivity index (χ4v) is 4.07. The first-order valence-corrected chi connectivity index (χ1v) is 8.19. The van der Waals surface area contributed by atoms with Crippen LogP contribution in [0.3, 0.4) is 0 Å². The molecule has 2 aliphatic rings. The highest BCUT2D eigenvalue weighted by atomic mass is 16.5. The maximum Gasteiger partial charge on any atom is 0.135 e. The van der Waals surface area contributed by atoms with Crippen LogP contribution in [0.25, 0.3) is 21.9 Å². The number of rotatable bonds is 2. The van der Waals surface area contributed by atoms with Gasteiger partial charge >= 0.3 is 0 Å². The lowest BCUT2D eigenvalue weighted by atomic mass is 10.0. The van der Waals surface area contributed by atoms with Crippen LogP contribution in [0.2, 0.25) is 0 Å². The molecule has 3 nitrogen and oxygen atoms in total. The lowest BCUT2D eigenvalue weighted by Gasteiger charge is -2.29. The third-order valence-corrected chi connectivity index (χ3v) is 5.08. The Labute approximate surface area is 129 Å². The summed E-state index contributed by atoms with van der Waals surface area (Å²) < 4.78 is 12.2. The quantitative estimate of drug-likeness (QED) is 0.767. The Bertz CT molecular complexity index is 826. The van der Waals surface area contributed by atoms with Gasteiger partial charge in [0.05, 0.1) is 0 Å². The molecule has 2 aliphatic heterocycles. The maximum atomic E-state index is 6.28. The highest BCUT2D eigenvalue weighted by molar-refractivity contribution is 6.05. The van der Waals surface area contributed by atoms with Gasteiger partial charge in [-0.3, -0.25) is 0 Å². The molecule has 0 radical (unpaired) electrons. The van der Waals surface area contributed by atoms with Crippen molar-refractivity contribution in [2.24, 2.45) is 0 Å². The number of nitrogens with one attached hydrogen (secondary N) is 1. The van der Waals surface area contributed by atoms with Crippen molar-refractivity contribution >= 4 is 21.9 Å².